The van der Waals surface area contributed by atoms with Crippen LogP contribution in [-0.4, -0.2) is 102 Å². The van der Waals surface area contributed by atoms with Crippen molar-refractivity contribution in [3.8, 4) is 0 Å². The molecule has 0 radical (unpaired) electrons. The van der Waals surface area contributed by atoms with Crippen molar-refractivity contribution in [2.75, 3.05) is 40.0 Å². The first-order chi connectivity index (χ1) is 21.7. The molecule has 2 N–H and O–H groups in total. The lowest BCUT2D eigenvalue weighted by atomic mass is 9.86. The van der Waals surface area contributed by atoms with Crippen LogP contribution in [0.4, 0.5) is 13.2 Å². The normalized spacial score (nSPS) is 24.0. The molecule has 0 unspecified atom stereocenters. The molecule has 0 bridgehead atoms. The van der Waals surface area contributed by atoms with Crippen LogP contribution < -0.4 is 5.32 Å². The molecule has 46 heavy (non-hydrogen) atoms. The molecule has 250 valence electrons. The number of aromatic nitrogens is 1. The minimum absolute atomic E-state index is 0.0509. The molecule has 3 aliphatic heterocycles. The summed E-state index contributed by atoms with van der Waals surface area (Å²) in [5.74, 6) is -5.25. The molecule has 11 nitrogen and oxygen atoms in total. The van der Waals surface area contributed by atoms with Crippen LogP contribution >= 0.6 is 11.3 Å². The Hall–Kier alpha value is -3.37. The van der Waals surface area contributed by atoms with Gasteiger partial charge in [0, 0.05) is 30.4 Å². The van der Waals surface area contributed by atoms with Gasteiger partial charge in [0.1, 0.15) is 17.9 Å². The molecule has 2 saturated heterocycles. The highest BCUT2D eigenvalue weighted by Crippen LogP contribution is 2.42. The number of aryl methyl sites for hydroxylation is 1. The number of nitrogens with zero attached hydrogens (tertiary/aromatic N) is 4. The van der Waals surface area contributed by atoms with Gasteiger partial charge >= 0.3 is 11.9 Å². The number of hydrogen-bond acceptors (Lipinski definition) is 11. The number of likely N-dealkylation sites (tertiary alicyclic amines) is 1. The Bertz CT molecular complexity index is 1560. The maximum atomic E-state index is 15.8. The topological polar surface area (TPSA) is 126 Å². The number of carboxylic acids is 1. The Morgan fingerprint density at radius 3 is 2.67 bits per heavy atom. The molecule has 1 aromatic heterocycles. The number of amidine groups is 1. The third-order valence-corrected chi connectivity index (χ3v) is 9.76. The fraction of sp³-hybridized carbons (Fsp3) is 0.548. The Morgan fingerprint density at radius 1 is 1.30 bits per heavy atom. The number of ether oxygens (including phenoxy) is 2. The first-order valence-corrected chi connectivity index (χ1v) is 15.8. The number of aliphatic imine (C=N–C) groups is 1. The van der Waals surface area contributed by atoms with E-state index in [9.17, 15) is 19.1 Å². The van der Waals surface area contributed by atoms with Crippen LogP contribution in [0, 0.1) is 25.1 Å². The van der Waals surface area contributed by atoms with E-state index < -0.39 is 59.9 Å². The zero-order valence-electron chi connectivity index (χ0n) is 26.5. The summed E-state index contributed by atoms with van der Waals surface area (Å²) in [5.41, 5.74) is 0.455. The van der Waals surface area contributed by atoms with E-state index >= 15 is 8.78 Å². The summed E-state index contributed by atoms with van der Waals surface area (Å²) in [6, 6.07) is 1.31. The van der Waals surface area contributed by atoms with Crippen molar-refractivity contribution >= 4 is 29.1 Å². The molecule has 0 spiro atoms. The smallest absolute Gasteiger partial charge is 0.338 e. The SMILES string of the molecule is CCOC(=O)C1=C(CN2CC(F)(F)[C@@H]3[C@H]2CON3C[C@@H](OC)C(C)(C)C(=O)O)NC(c2nc(C)cs2)=N[C@H]1c1cccc(F)c1C. The molecule has 3 aliphatic rings. The molecular weight excluding hydrogens is 627 g/mol. The van der Waals surface area contributed by atoms with Crippen LogP contribution in [0.15, 0.2) is 39.8 Å². The van der Waals surface area contributed by atoms with Gasteiger partial charge in [0.15, 0.2) is 10.8 Å². The molecule has 2 fully saturated rings. The van der Waals surface area contributed by atoms with Crippen molar-refractivity contribution in [3.05, 3.63) is 62.5 Å². The number of carbonyl (C=O) groups excluding carboxylic acids is 1. The highest BCUT2D eigenvalue weighted by Gasteiger charge is 2.61. The monoisotopic (exact) mass is 665 g/mol. The summed E-state index contributed by atoms with van der Waals surface area (Å²) < 4.78 is 57.2. The van der Waals surface area contributed by atoms with E-state index in [1.54, 1.807) is 19.9 Å². The second kappa shape index (κ2) is 13.0. The van der Waals surface area contributed by atoms with Crippen LogP contribution in [-0.2, 0) is 23.9 Å². The molecule has 5 rings (SSSR count). The Balaban J connectivity index is 1.53. The summed E-state index contributed by atoms with van der Waals surface area (Å²) in [5, 5.41) is 16.4. The summed E-state index contributed by atoms with van der Waals surface area (Å²) >= 11 is 1.32. The van der Waals surface area contributed by atoms with Crippen LogP contribution in [0.1, 0.15) is 48.6 Å². The average molecular weight is 666 g/mol. The van der Waals surface area contributed by atoms with Crippen molar-refractivity contribution < 1.29 is 42.2 Å². The molecule has 2 aromatic rings. The summed E-state index contributed by atoms with van der Waals surface area (Å²) in [6.07, 6.45) is -0.942. The van der Waals surface area contributed by atoms with Gasteiger partial charge in [0.05, 0.1) is 49.4 Å². The van der Waals surface area contributed by atoms with E-state index in [2.05, 4.69) is 10.3 Å². The van der Waals surface area contributed by atoms with E-state index in [4.69, 9.17) is 19.3 Å². The van der Waals surface area contributed by atoms with Gasteiger partial charge in [-0.1, -0.05) is 12.1 Å². The number of esters is 1. The highest BCUT2D eigenvalue weighted by atomic mass is 32.1. The van der Waals surface area contributed by atoms with E-state index in [-0.39, 0.29) is 37.6 Å². The molecular formula is C31H38F3N5O6S. The first kappa shape index (κ1) is 34.0. The zero-order valence-corrected chi connectivity index (χ0v) is 27.3. The number of carbonyl (C=O) groups is 2. The van der Waals surface area contributed by atoms with E-state index in [0.29, 0.717) is 22.0 Å². The van der Waals surface area contributed by atoms with Gasteiger partial charge in [-0.3, -0.25) is 19.5 Å². The number of nitrogens with one attached hydrogen (secondary N) is 1. The quantitative estimate of drug-likeness (QED) is 0.342. The number of rotatable bonds is 11. The summed E-state index contributed by atoms with van der Waals surface area (Å²) in [4.78, 5) is 42.0. The molecule has 15 heteroatoms. The van der Waals surface area contributed by atoms with Crippen molar-refractivity contribution in [2.45, 2.75) is 64.8 Å². The Kier molecular flexibility index (Phi) is 9.62. The number of thiazole rings is 1. The maximum Gasteiger partial charge on any atom is 0.338 e. The molecule has 0 aliphatic carbocycles. The summed E-state index contributed by atoms with van der Waals surface area (Å²) in [7, 11) is 1.33. The highest BCUT2D eigenvalue weighted by molar-refractivity contribution is 7.11. The maximum absolute atomic E-state index is 15.8. The Morgan fingerprint density at radius 2 is 2.04 bits per heavy atom. The lowest BCUT2D eigenvalue weighted by Crippen LogP contribution is -2.51. The zero-order chi connectivity index (χ0) is 33.6. The molecule has 0 amide bonds. The Labute approximate surface area is 269 Å². The standard InChI is InChI=1S/C31H38F3N5O6S/c1-7-44-28(40)23-20(36-26(27-35-16(2)14-46-27)37-24(23)18-9-8-10-19(32)17(18)3)11-38-15-31(33,34)25-21(38)13-45-39(25)12-22(43-6)30(4,5)29(41)42/h8-10,14,21-22,24-25H,7,11-13,15H2,1-6H3,(H,36,37)(H,41,42)/t21-,22-,24+,25+/m1/s1. The number of carboxylic acid groups (broad SMARTS) is 1. The molecule has 1 aromatic carbocycles. The molecule has 4 atom stereocenters. The van der Waals surface area contributed by atoms with Crippen LogP contribution in [0.25, 0.3) is 0 Å². The average Bonchev–Trinajstić information content (AvgIpc) is 3.69. The van der Waals surface area contributed by atoms with Gasteiger partial charge in [0.25, 0.3) is 5.92 Å². The van der Waals surface area contributed by atoms with Crippen molar-refractivity contribution in [1.82, 2.24) is 20.3 Å². The van der Waals surface area contributed by atoms with Gasteiger partial charge in [-0.25, -0.2) is 22.9 Å². The van der Waals surface area contributed by atoms with Crippen LogP contribution in [0.5, 0.6) is 0 Å². The fourth-order valence-corrected chi connectivity index (χ4v) is 6.89. The summed E-state index contributed by atoms with van der Waals surface area (Å²) in [6.45, 7) is 6.97. The number of aliphatic carboxylic acids is 1. The molecule has 0 saturated carbocycles. The van der Waals surface area contributed by atoms with Crippen molar-refractivity contribution in [2.24, 2.45) is 10.4 Å². The fourth-order valence-electron chi connectivity index (χ4n) is 6.14. The third kappa shape index (κ3) is 6.30. The largest absolute Gasteiger partial charge is 0.481 e. The van der Waals surface area contributed by atoms with Crippen molar-refractivity contribution in [1.29, 1.82) is 0 Å². The second-order valence-electron chi connectivity index (χ2n) is 12.2. The molecule has 4 heterocycles. The number of hydroxylamine groups is 2. The minimum atomic E-state index is -3.26. The van der Waals surface area contributed by atoms with Gasteiger partial charge < -0.3 is 19.9 Å². The number of alkyl halides is 2. The first-order valence-electron chi connectivity index (χ1n) is 14.9. The predicted octanol–water partition coefficient (Wildman–Crippen LogP) is 3.87. The van der Waals surface area contributed by atoms with Gasteiger partial charge in [0.2, 0.25) is 0 Å². The van der Waals surface area contributed by atoms with Gasteiger partial charge in [-0.2, -0.15) is 5.06 Å². The van der Waals surface area contributed by atoms with Crippen molar-refractivity contribution in [3.63, 3.8) is 0 Å². The van der Waals surface area contributed by atoms with Gasteiger partial charge in [-0.05, 0) is 51.8 Å². The van der Waals surface area contributed by atoms with E-state index in [1.165, 1.54) is 49.3 Å². The number of halogens is 3. The number of hydrogen-bond donors (Lipinski definition) is 2. The van der Waals surface area contributed by atoms with Crippen LogP contribution in [0.3, 0.4) is 0 Å². The van der Waals surface area contributed by atoms with Gasteiger partial charge in [-0.15, -0.1) is 11.3 Å². The minimum Gasteiger partial charge on any atom is -0.481 e. The third-order valence-electron chi connectivity index (χ3n) is 8.80. The second-order valence-corrected chi connectivity index (χ2v) is 13.0. The number of benzene rings is 1. The van der Waals surface area contributed by atoms with Crippen LogP contribution in [0.2, 0.25) is 0 Å². The van der Waals surface area contributed by atoms with E-state index in [0.717, 1.165) is 10.8 Å². The number of methoxy groups -OCH3 is 1. The predicted molar refractivity (Wildman–Crippen MR) is 163 cm³/mol. The lowest BCUT2D eigenvalue weighted by Gasteiger charge is -2.34. The van der Waals surface area contributed by atoms with E-state index in [1.807, 2.05) is 12.3 Å². The lowest BCUT2D eigenvalue weighted by molar-refractivity contribution is -0.205. The number of fused-ring (bicyclic) bond motifs is 1.